The van der Waals surface area contributed by atoms with Crippen LogP contribution in [0.25, 0.3) is 0 Å². The summed E-state index contributed by atoms with van der Waals surface area (Å²) in [7, 11) is 0. The lowest BCUT2D eigenvalue weighted by Crippen LogP contribution is -1.89. The predicted octanol–water partition coefficient (Wildman–Crippen LogP) is 1.65. The smallest absolute Gasteiger partial charge is 0.132 e. The number of hydrogen-bond acceptors (Lipinski definition) is 3. The van der Waals surface area contributed by atoms with Gasteiger partial charge < -0.3 is 10.3 Å². The standard InChI is InChI=1S/C10H9N2O/c11-9-3-1-8(2-4-9)7-10-5-6-13-12-10/h1-4,6H,7,11H2. The van der Waals surface area contributed by atoms with Gasteiger partial charge in [-0.05, 0) is 17.7 Å². The van der Waals surface area contributed by atoms with Crippen molar-refractivity contribution in [2.75, 3.05) is 5.73 Å². The van der Waals surface area contributed by atoms with Crippen LogP contribution in [0.2, 0.25) is 0 Å². The van der Waals surface area contributed by atoms with Crippen LogP contribution in [0.3, 0.4) is 0 Å². The van der Waals surface area contributed by atoms with Crippen molar-refractivity contribution in [3.05, 3.63) is 47.9 Å². The zero-order valence-electron chi connectivity index (χ0n) is 7.03. The highest BCUT2D eigenvalue weighted by atomic mass is 16.5. The zero-order chi connectivity index (χ0) is 9.10. The molecule has 2 N–H and O–H groups in total. The van der Waals surface area contributed by atoms with Gasteiger partial charge in [0.2, 0.25) is 0 Å². The first-order chi connectivity index (χ1) is 6.34. The maximum atomic E-state index is 5.56. The van der Waals surface area contributed by atoms with Gasteiger partial charge in [0.25, 0.3) is 0 Å². The highest BCUT2D eigenvalue weighted by Gasteiger charge is 1.98. The number of benzene rings is 1. The molecule has 2 rings (SSSR count). The van der Waals surface area contributed by atoms with E-state index in [2.05, 4.69) is 15.7 Å². The molecule has 3 heteroatoms. The summed E-state index contributed by atoms with van der Waals surface area (Å²) in [5, 5.41) is 3.77. The van der Waals surface area contributed by atoms with Crippen molar-refractivity contribution in [1.29, 1.82) is 0 Å². The molecule has 0 fully saturated rings. The number of nitrogens with two attached hydrogens (primary N) is 1. The molecule has 0 atom stereocenters. The Morgan fingerprint density at radius 3 is 2.69 bits per heavy atom. The highest BCUT2D eigenvalue weighted by Crippen LogP contribution is 2.09. The third-order valence-corrected chi connectivity index (χ3v) is 1.79. The quantitative estimate of drug-likeness (QED) is 0.702. The molecule has 13 heavy (non-hydrogen) atoms. The second-order valence-electron chi connectivity index (χ2n) is 2.82. The van der Waals surface area contributed by atoms with Crippen LogP contribution in [0.15, 0.2) is 35.1 Å². The molecule has 1 heterocycles. The van der Waals surface area contributed by atoms with E-state index in [4.69, 9.17) is 5.73 Å². The number of anilines is 1. The number of rotatable bonds is 2. The monoisotopic (exact) mass is 173 g/mol. The first kappa shape index (κ1) is 7.86. The fraction of sp³-hybridized carbons (Fsp3) is 0.100. The number of nitrogens with zero attached hydrogens (tertiary/aromatic N) is 1. The minimum absolute atomic E-state index is 0.733. The molecule has 0 spiro atoms. The van der Waals surface area contributed by atoms with Gasteiger partial charge in [-0.25, -0.2) is 0 Å². The maximum Gasteiger partial charge on any atom is 0.132 e. The van der Waals surface area contributed by atoms with E-state index in [1.807, 2.05) is 24.3 Å². The summed E-state index contributed by atoms with van der Waals surface area (Å²) >= 11 is 0. The SMILES string of the molecule is Nc1ccc(Cc2[c]con2)cc1. The van der Waals surface area contributed by atoms with Gasteiger partial charge in [0.1, 0.15) is 6.26 Å². The van der Waals surface area contributed by atoms with Gasteiger partial charge >= 0.3 is 0 Å². The largest absolute Gasteiger partial charge is 0.399 e. The van der Waals surface area contributed by atoms with Crippen molar-refractivity contribution in [3.63, 3.8) is 0 Å². The molecule has 0 amide bonds. The van der Waals surface area contributed by atoms with E-state index in [1.165, 1.54) is 6.26 Å². The second kappa shape index (κ2) is 3.31. The van der Waals surface area contributed by atoms with E-state index in [1.54, 1.807) is 0 Å². The summed E-state index contributed by atoms with van der Waals surface area (Å²) in [5.41, 5.74) is 8.29. The molecule has 0 aliphatic rings. The average molecular weight is 173 g/mol. The van der Waals surface area contributed by atoms with E-state index in [0.717, 1.165) is 23.4 Å². The third-order valence-electron chi connectivity index (χ3n) is 1.79. The van der Waals surface area contributed by atoms with E-state index in [-0.39, 0.29) is 0 Å². The zero-order valence-corrected chi connectivity index (χ0v) is 7.03. The van der Waals surface area contributed by atoms with Gasteiger partial charge in [0.05, 0.1) is 11.8 Å². The van der Waals surface area contributed by atoms with Crippen molar-refractivity contribution in [1.82, 2.24) is 5.16 Å². The van der Waals surface area contributed by atoms with Crippen LogP contribution in [0.4, 0.5) is 5.69 Å². The molecule has 0 bridgehead atoms. The lowest BCUT2D eigenvalue weighted by atomic mass is 10.1. The summed E-state index contributed by atoms with van der Waals surface area (Å²) in [6.07, 6.45) is 2.18. The highest BCUT2D eigenvalue weighted by molar-refractivity contribution is 5.39. The fourth-order valence-corrected chi connectivity index (χ4v) is 1.12. The van der Waals surface area contributed by atoms with Crippen LogP contribution < -0.4 is 5.73 Å². The van der Waals surface area contributed by atoms with Crippen LogP contribution in [0, 0.1) is 6.07 Å². The van der Waals surface area contributed by atoms with E-state index in [0.29, 0.717) is 0 Å². The number of nitrogen functional groups attached to an aromatic ring is 1. The topological polar surface area (TPSA) is 52.0 Å². The first-order valence-corrected chi connectivity index (χ1v) is 4.00. The number of aromatic nitrogens is 1. The van der Waals surface area contributed by atoms with Crippen LogP contribution in [0.1, 0.15) is 11.3 Å². The Labute approximate surface area is 76.2 Å². The Balaban J connectivity index is 2.15. The summed E-state index contributed by atoms with van der Waals surface area (Å²) in [6, 6.07) is 10.6. The molecule has 0 saturated heterocycles. The van der Waals surface area contributed by atoms with Gasteiger partial charge in [-0.15, -0.1) is 0 Å². The van der Waals surface area contributed by atoms with Gasteiger partial charge in [-0.2, -0.15) is 0 Å². The van der Waals surface area contributed by atoms with Crippen LogP contribution in [-0.2, 0) is 6.42 Å². The summed E-state index contributed by atoms with van der Waals surface area (Å²) in [6.45, 7) is 0. The molecule has 0 aliphatic carbocycles. The molecule has 0 unspecified atom stereocenters. The van der Waals surface area contributed by atoms with E-state index >= 15 is 0 Å². The molecule has 1 radical (unpaired) electrons. The molecular formula is C10H9N2O. The second-order valence-corrected chi connectivity index (χ2v) is 2.82. The Bertz CT molecular complexity index is 364. The number of hydrogen-bond donors (Lipinski definition) is 1. The molecule has 3 nitrogen and oxygen atoms in total. The third kappa shape index (κ3) is 1.87. The Kier molecular flexibility index (Phi) is 2.00. The normalized spacial score (nSPS) is 10.2. The van der Waals surface area contributed by atoms with Gasteiger partial charge in [0.15, 0.2) is 0 Å². The molecule has 0 saturated carbocycles. The van der Waals surface area contributed by atoms with Crippen molar-refractivity contribution < 1.29 is 4.52 Å². The molecule has 65 valence electrons. The summed E-state index contributed by atoms with van der Waals surface area (Å²) in [4.78, 5) is 0. The van der Waals surface area contributed by atoms with Crippen molar-refractivity contribution >= 4 is 5.69 Å². The van der Waals surface area contributed by atoms with Gasteiger partial charge in [-0.1, -0.05) is 17.3 Å². The van der Waals surface area contributed by atoms with Gasteiger partial charge in [0, 0.05) is 12.1 Å². The van der Waals surface area contributed by atoms with Crippen molar-refractivity contribution in [2.45, 2.75) is 6.42 Å². The molecule has 2 aromatic rings. The lowest BCUT2D eigenvalue weighted by molar-refractivity contribution is 0.413. The minimum Gasteiger partial charge on any atom is -0.399 e. The van der Waals surface area contributed by atoms with Crippen LogP contribution in [0.5, 0.6) is 0 Å². The molecule has 0 aliphatic heterocycles. The van der Waals surface area contributed by atoms with Crippen molar-refractivity contribution in [3.8, 4) is 0 Å². The Morgan fingerprint density at radius 1 is 1.31 bits per heavy atom. The first-order valence-electron chi connectivity index (χ1n) is 4.00. The maximum absolute atomic E-state index is 5.56. The molecule has 1 aromatic heterocycles. The van der Waals surface area contributed by atoms with Crippen LogP contribution >= 0.6 is 0 Å². The Morgan fingerprint density at radius 2 is 2.08 bits per heavy atom. The van der Waals surface area contributed by atoms with Crippen LogP contribution in [-0.4, -0.2) is 5.16 Å². The molecule has 1 aromatic carbocycles. The average Bonchev–Trinajstić information content (AvgIpc) is 2.62. The van der Waals surface area contributed by atoms with Gasteiger partial charge in [-0.3, -0.25) is 0 Å². The minimum atomic E-state index is 0.733. The van der Waals surface area contributed by atoms with E-state index < -0.39 is 0 Å². The van der Waals surface area contributed by atoms with E-state index in [9.17, 15) is 0 Å². The fourth-order valence-electron chi connectivity index (χ4n) is 1.12. The predicted molar refractivity (Wildman–Crippen MR) is 49.0 cm³/mol. The summed E-state index contributed by atoms with van der Waals surface area (Å²) in [5.74, 6) is 0. The Hall–Kier alpha value is -1.77. The molecular weight excluding hydrogens is 164 g/mol. The van der Waals surface area contributed by atoms with Crippen molar-refractivity contribution in [2.24, 2.45) is 0 Å². The summed E-state index contributed by atoms with van der Waals surface area (Å²) < 4.78 is 4.68. The lowest BCUT2D eigenvalue weighted by Gasteiger charge is -1.97.